The topological polar surface area (TPSA) is 79.4 Å². The Bertz CT molecular complexity index is 833. The number of carbonyl (C=O) groups excluding carboxylic acids is 1. The van der Waals surface area contributed by atoms with Crippen LogP contribution in [-0.4, -0.2) is 43.2 Å². The average Bonchev–Trinajstić information content (AvgIpc) is 2.72. The smallest absolute Gasteiger partial charge is 0.244 e. The first-order chi connectivity index (χ1) is 13.1. The molecule has 0 atom stereocenters. The maximum Gasteiger partial charge on any atom is 0.244 e. The van der Waals surface area contributed by atoms with E-state index in [0.29, 0.717) is 32.5 Å². The quantitative estimate of drug-likeness (QED) is 0.739. The first-order valence-electron chi connectivity index (χ1n) is 9.29. The largest absolute Gasteiger partial charge is 0.356 e. The predicted octanol–water partition coefficient (Wildman–Crippen LogP) is 2.23. The van der Waals surface area contributed by atoms with Crippen LogP contribution in [0.15, 0.2) is 59.8 Å². The molecule has 1 saturated heterocycles. The summed E-state index contributed by atoms with van der Waals surface area (Å²) in [6.07, 6.45) is 5.83. The number of nitrogens with zero attached hydrogens (tertiary/aromatic N) is 2. The summed E-state index contributed by atoms with van der Waals surface area (Å²) in [5.41, 5.74) is 1.26. The fraction of sp³-hybridized carbons (Fsp3) is 0.400. The van der Waals surface area contributed by atoms with Crippen LogP contribution in [0.25, 0.3) is 0 Å². The summed E-state index contributed by atoms with van der Waals surface area (Å²) in [5, 5.41) is 2.99. The van der Waals surface area contributed by atoms with E-state index in [0.717, 1.165) is 12.8 Å². The molecule has 0 spiro atoms. The van der Waals surface area contributed by atoms with Gasteiger partial charge in [-0.2, -0.15) is 4.31 Å². The molecule has 1 aromatic heterocycles. The average molecular weight is 388 g/mol. The van der Waals surface area contributed by atoms with Crippen LogP contribution in [0.3, 0.4) is 0 Å². The third kappa shape index (κ3) is 5.14. The van der Waals surface area contributed by atoms with Gasteiger partial charge in [-0.25, -0.2) is 8.42 Å². The predicted molar refractivity (Wildman–Crippen MR) is 103 cm³/mol. The molecule has 0 aliphatic carbocycles. The number of aryl methyl sites for hydroxylation is 1. The Kier molecular flexibility index (Phi) is 6.58. The molecular weight excluding hydrogens is 362 g/mol. The lowest BCUT2D eigenvalue weighted by atomic mass is 9.97. The zero-order chi connectivity index (χ0) is 19.1. The number of hydrogen-bond donors (Lipinski definition) is 1. The van der Waals surface area contributed by atoms with E-state index in [1.54, 1.807) is 18.3 Å². The second-order valence-corrected chi connectivity index (χ2v) is 8.69. The van der Waals surface area contributed by atoms with Crippen molar-refractivity contribution in [2.75, 3.05) is 19.6 Å². The summed E-state index contributed by atoms with van der Waals surface area (Å²) in [4.78, 5) is 16.4. The van der Waals surface area contributed by atoms with E-state index in [2.05, 4.69) is 22.4 Å². The molecule has 144 valence electrons. The molecule has 27 heavy (non-hydrogen) atoms. The zero-order valence-electron chi connectivity index (χ0n) is 15.3. The van der Waals surface area contributed by atoms with Crippen molar-refractivity contribution in [2.45, 2.75) is 30.6 Å². The van der Waals surface area contributed by atoms with E-state index >= 15 is 0 Å². The fourth-order valence-corrected chi connectivity index (χ4v) is 4.73. The zero-order valence-corrected chi connectivity index (χ0v) is 16.1. The van der Waals surface area contributed by atoms with Crippen LogP contribution in [0.2, 0.25) is 0 Å². The highest BCUT2D eigenvalue weighted by Crippen LogP contribution is 2.23. The molecule has 0 unspecified atom stereocenters. The van der Waals surface area contributed by atoms with Crippen LogP contribution in [0.1, 0.15) is 24.8 Å². The van der Waals surface area contributed by atoms with Crippen molar-refractivity contribution in [2.24, 2.45) is 5.92 Å². The Labute approximate surface area is 160 Å². The van der Waals surface area contributed by atoms with Crippen LogP contribution in [-0.2, 0) is 21.2 Å². The van der Waals surface area contributed by atoms with E-state index in [-0.39, 0.29) is 16.7 Å². The maximum atomic E-state index is 12.6. The van der Waals surface area contributed by atoms with Crippen LogP contribution < -0.4 is 5.32 Å². The van der Waals surface area contributed by atoms with E-state index in [1.807, 2.05) is 18.2 Å². The van der Waals surface area contributed by atoms with Crippen molar-refractivity contribution >= 4 is 15.9 Å². The van der Waals surface area contributed by atoms with Gasteiger partial charge in [0, 0.05) is 37.9 Å². The minimum absolute atomic E-state index is 0.0292. The summed E-state index contributed by atoms with van der Waals surface area (Å²) in [6, 6.07) is 13.4. The molecule has 6 nitrogen and oxygen atoms in total. The molecule has 0 saturated carbocycles. The monoisotopic (exact) mass is 387 g/mol. The van der Waals surface area contributed by atoms with Gasteiger partial charge in [-0.3, -0.25) is 9.78 Å². The lowest BCUT2D eigenvalue weighted by molar-refractivity contribution is -0.126. The standard InChI is InChI=1S/C20H25N3O3S/c24-20(22-13-4-8-17-6-2-1-3-7-17)18-10-14-23(15-11-18)27(25,26)19-9-5-12-21-16-19/h1-3,5-7,9,12,16,18H,4,8,10-11,13-15H2,(H,22,24). The molecule has 0 bridgehead atoms. The van der Waals surface area contributed by atoms with Crippen molar-refractivity contribution in [1.82, 2.24) is 14.6 Å². The second kappa shape index (κ2) is 9.10. The summed E-state index contributed by atoms with van der Waals surface area (Å²) in [5.74, 6) is -0.0939. The first-order valence-corrected chi connectivity index (χ1v) is 10.7. The number of hydrogen-bond acceptors (Lipinski definition) is 4. The number of aromatic nitrogens is 1. The number of rotatable bonds is 7. The van der Waals surface area contributed by atoms with Gasteiger partial charge < -0.3 is 5.32 Å². The minimum atomic E-state index is -3.52. The van der Waals surface area contributed by atoms with E-state index in [4.69, 9.17) is 0 Å². The molecule has 1 amide bonds. The molecule has 0 radical (unpaired) electrons. The van der Waals surface area contributed by atoms with Crippen LogP contribution in [0, 0.1) is 5.92 Å². The Balaban J connectivity index is 1.43. The molecule has 1 N–H and O–H groups in total. The lowest BCUT2D eigenvalue weighted by Crippen LogP contribution is -2.43. The normalized spacial score (nSPS) is 16.1. The Morgan fingerprint density at radius 3 is 2.52 bits per heavy atom. The summed E-state index contributed by atoms with van der Waals surface area (Å²) >= 11 is 0. The van der Waals surface area contributed by atoms with Gasteiger partial charge in [-0.05, 0) is 43.4 Å². The van der Waals surface area contributed by atoms with Gasteiger partial charge in [-0.1, -0.05) is 30.3 Å². The van der Waals surface area contributed by atoms with Gasteiger partial charge in [0.05, 0.1) is 0 Å². The highest BCUT2D eigenvalue weighted by molar-refractivity contribution is 7.89. The maximum absolute atomic E-state index is 12.6. The summed E-state index contributed by atoms with van der Waals surface area (Å²) in [6.45, 7) is 1.36. The summed E-state index contributed by atoms with van der Waals surface area (Å²) < 4.78 is 26.6. The molecule has 7 heteroatoms. The van der Waals surface area contributed by atoms with Crippen LogP contribution in [0.5, 0.6) is 0 Å². The lowest BCUT2D eigenvalue weighted by Gasteiger charge is -2.30. The third-order valence-electron chi connectivity index (χ3n) is 4.88. The number of piperidine rings is 1. The van der Waals surface area contributed by atoms with Crippen molar-refractivity contribution in [3.63, 3.8) is 0 Å². The van der Waals surface area contributed by atoms with Crippen LogP contribution >= 0.6 is 0 Å². The molecule has 1 fully saturated rings. The second-order valence-electron chi connectivity index (χ2n) is 6.75. The van der Waals surface area contributed by atoms with Crippen molar-refractivity contribution in [1.29, 1.82) is 0 Å². The highest BCUT2D eigenvalue weighted by atomic mass is 32.2. The highest BCUT2D eigenvalue weighted by Gasteiger charge is 2.31. The Morgan fingerprint density at radius 2 is 1.85 bits per heavy atom. The molecule has 1 aliphatic heterocycles. The van der Waals surface area contributed by atoms with Gasteiger partial charge in [0.1, 0.15) is 4.90 Å². The number of nitrogens with one attached hydrogen (secondary N) is 1. The van der Waals surface area contributed by atoms with Gasteiger partial charge >= 0.3 is 0 Å². The minimum Gasteiger partial charge on any atom is -0.356 e. The fourth-order valence-electron chi connectivity index (χ4n) is 3.30. The Morgan fingerprint density at radius 1 is 1.11 bits per heavy atom. The molecule has 2 aromatic rings. The SMILES string of the molecule is O=C(NCCCc1ccccc1)C1CCN(S(=O)(=O)c2cccnc2)CC1. The first kappa shape index (κ1) is 19.5. The number of benzene rings is 1. The Hall–Kier alpha value is -2.25. The van der Waals surface area contributed by atoms with E-state index in [1.165, 1.54) is 16.1 Å². The third-order valence-corrected chi connectivity index (χ3v) is 6.76. The van der Waals surface area contributed by atoms with Crippen molar-refractivity contribution in [3.8, 4) is 0 Å². The number of sulfonamides is 1. The van der Waals surface area contributed by atoms with Gasteiger partial charge in [0.2, 0.25) is 15.9 Å². The number of carbonyl (C=O) groups is 1. The molecule has 2 heterocycles. The number of amides is 1. The molecular formula is C20H25N3O3S. The van der Waals surface area contributed by atoms with E-state index in [9.17, 15) is 13.2 Å². The number of pyridine rings is 1. The van der Waals surface area contributed by atoms with E-state index < -0.39 is 10.0 Å². The molecule has 1 aromatic carbocycles. The van der Waals surface area contributed by atoms with Crippen molar-refractivity contribution in [3.05, 3.63) is 60.4 Å². The van der Waals surface area contributed by atoms with Gasteiger partial charge in [-0.15, -0.1) is 0 Å². The summed E-state index contributed by atoms with van der Waals surface area (Å²) in [7, 11) is -3.52. The van der Waals surface area contributed by atoms with Gasteiger partial charge in [0.25, 0.3) is 0 Å². The van der Waals surface area contributed by atoms with Gasteiger partial charge in [0.15, 0.2) is 0 Å². The molecule has 1 aliphatic rings. The van der Waals surface area contributed by atoms with Crippen molar-refractivity contribution < 1.29 is 13.2 Å². The van der Waals surface area contributed by atoms with Crippen LogP contribution in [0.4, 0.5) is 0 Å². The molecule has 3 rings (SSSR count).